The molecular formula is C24H20BCl3FN2. The van der Waals surface area contributed by atoms with Gasteiger partial charge in [-0.2, -0.15) is 0 Å². The largest absolute Gasteiger partial charge is 0.348 e. The summed E-state index contributed by atoms with van der Waals surface area (Å²) in [6.07, 6.45) is 5.68. The van der Waals surface area contributed by atoms with Gasteiger partial charge in [0.15, 0.2) is 7.28 Å². The quantitative estimate of drug-likeness (QED) is 0.308. The molecule has 157 valence electrons. The molecule has 0 saturated heterocycles. The van der Waals surface area contributed by atoms with E-state index in [0.29, 0.717) is 22.9 Å². The Kier molecular flexibility index (Phi) is 9.02. The molecule has 3 aromatic carbocycles. The maximum Gasteiger partial charge on any atom is 0.153 e. The Morgan fingerprint density at radius 3 is 2.35 bits per heavy atom. The van der Waals surface area contributed by atoms with Crippen LogP contribution < -0.4 is 5.46 Å². The first-order valence-corrected chi connectivity index (χ1v) is 10.9. The number of H-pyrrole nitrogens is 1. The van der Waals surface area contributed by atoms with Gasteiger partial charge < -0.3 is 4.98 Å². The van der Waals surface area contributed by atoms with E-state index in [2.05, 4.69) is 9.97 Å². The van der Waals surface area contributed by atoms with Gasteiger partial charge in [0.25, 0.3) is 0 Å². The zero-order chi connectivity index (χ0) is 22.1. The van der Waals surface area contributed by atoms with Crippen molar-refractivity contribution in [3.8, 4) is 0 Å². The van der Waals surface area contributed by atoms with E-state index >= 15 is 0 Å². The third-order valence-electron chi connectivity index (χ3n) is 4.57. The van der Waals surface area contributed by atoms with E-state index in [-0.39, 0.29) is 5.82 Å². The van der Waals surface area contributed by atoms with Crippen LogP contribution in [0.2, 0.25) is 21.4 Å². The number of aromatic nitrogens is 2. The molecule has 0 aliphatic rings. The minimum atomic E-state index is -0.139. The molecule has 0 aliphatic heterocycles. The zero-order valence-corrected chi connectivity index (χ0v) is 18.9. The van der Waals surface area contributed by atoms with Gasteiger partial charge in [0, 0.05) is 33.9 Å². The number of hydrogen-bond acceptors (Lipinski definition) is 1. The molecule has 1 N–H and O–H groups in total. The molecule has 4 aromatic rings. The van der Waals surface area contributed by atoms with Crippen molar-refractivity contribution in [1.29, 1.82) is 0 Å². The lowest BCUT2D eigenvalue weighted by molar-refractivity contribution is 0.612. The van der Waals surface area contributed by atoms with Gasteiger partial charge in [-0.05, 0) is 41.8 Å². The summed E-state index contributed by atoms with van der Waals surface area (Å²) in [6.45, 7) is 0. The zero-order valence-electron chi connectivity index (χ0n) is 16.7. The molecule has 0 atom stereocenters. The van der Waals surface area contributed by atoms with Crippen molar-refractivity contribution in [2.45, 2.75) is 19.2 Å². The van der Waals surface area contributed by atoms with E-state index in [1.54, 1.807) is 24.5 Å². The number of nitrogens with zero attached hydrogens (tertiary/aromatic N) is 1. The molecule has 1 heterocycles. The third-order valence-corrected chi connectivity index (χ3v) is 5.50. The van der Waals surface area contributed by atoms with Gasteiger partial charge in [0.1, 0.15) is 11.6 Å². The van der Waals surface area contributed by atoms with Gasteiger partial charge in [-0.15, -0.1) is 0 Å². The summed E-state index contributed by atoms with van der Waals surface area (Å²) in [7, 11) is 2.04. The first-order valence-electron chi connectivity index (χ1n) is 9.76. The van der Waals surface area contributed by atoms with Crippen molar-refractivity contribution in [1.82, 2.24) is 9.97 Å². The molecule has 7 heteroatoms. The number of hydrogen-bond donors (Lipinski definition) is 1. The second-order valence-electron chi connectivity index (χ2n) is 6.80. The number of benzene rings is 3. The monoisotopic (exact) mass is 471 g/mol. The van der Waals surface area contributed by atoms with Crippen LogP contribution in [0.5, 0.6) is 0 Å². The minimum absolute atomic E-state index is 0.139. The topological polar surface area (TPSA) is 28.7 Å². The number of nitrogens with one attached hydrogen (secondary N) is 1. The molecule has 0 aliphatic carbocycles. The van der Waals surface area contributed by atoms with Crippen LogP contribution in [0.4, 0.5) is 4.39 Å². The molecule has 0 bridgehead atoms. The van der Waals surface area contributed by atoms with Crippen molar-refractivity contribution in [2.75, 3.05) is 0 Å². The molecule has 0 unspecified atom stereocenters. The van der Waals surface area contributed by atoms with E-state index in [1.807, 2.05) is 55.8 Å². The summed E-state index contributed by atoms with van der Waals surface area (Å²) in [5, 5.41) is 2.06. The third kappa shape index (κ3) is 7.43. The van der Waals surface area contributed by atoms with E-state index in [1.165, 1.54) is 6.07 Å². The minimum Gasteiger partial charge on any atom is -0.348 e. The lowest BCUT2D eigenvalue weighted by Gasteiger charge is -2.04. The Balaban J connectivity index is 0.000000179. The lowest BCUT2D eigenvalue weighted by Crippen LogP contribution is -2.15. The van der Waals surface area contributed by atoms with Gasteiger partial charge in [-0.1, -0.05) is 89.1 Å². The number of rotatable bonds is 6. The van der Waals surface area contributed by atoms with E-state index in [0.717, 1.165) is 33.8 Å². The Morgan fingerprint density at radius 1 is 0.871 bits per heavy atom. The second-order valence-corrected chi connectivity index (χ2v) is 8.05. The van der Waals surface area contributed by atoms with Crippen LogP contribution in [0.25, 0.3) is 0 Å². The first-order chi connectivity index (χ1) is 15.0. The number of halogens is 4. The molecule has 1 aromatic heterocycles. The van der Waals surface area contributed by atoms with Crippen LogP contribution >= 0.6 is 34.8 Å². The average molecular weight is 473 g/mol. The maximum atomic E-state index is 13.4. The summed E-state index contributed by atoms with van der Waals surface area (Å²) in [5.74, 6) is 0.759. The van der Waals surface area contributed by atoms with Gasteiger partial charge >= 0.3 is 0 Å². The van der Waals surface area contributed by atoms with Crippen molar-refractivity contribution >= 4 is 47.5 Å². The predicted octanol–water partition coefficient (Wildman–Crippen LogP) is 6.78. The molecule has 0 amide bonds. The van der Waals surface area contributed by atoms with Gasteiger partial charge in [0.2, 0.25) is 0 Å². The van der Waals surface area contributed by atoms with Gasteiger partial charge in [-0.25, -0.2) is 9.37 Å². The molecule has 2 nitrogen and oxygen atoms in total. The fourth-order valence-corrected chi connectivity index (χ4v) is 3.65. The fraction of sp³-hybridized carbons (Fsp3) is 0.125. The van der Waals surface area contributed by atoms with Gasteiger partial charge in [0.05, 0.1) is 0 Å². The van der Waals surface area contributed by atoms with Crippen molar-refractivity contribution < 1.29 is 4.39 Å². The van der Waals surface area contributed by atoms with Crippen LogP contribution in [0.1, 0.15) is 17.0 Å². The maximum absolute atomic E-state index is 13.4. The highest BCUT2D eigenvalue weighted by atomic mass is 35.5. The molecule has 31 heavy (non-hydrogen) atoms. The Morgan fingerprint density at radius 2 is 1.65 bits per heavy atom. The highest BCUT2D eigenvalue weighted by Gasteiger charge is 2.04. The molecule has 1 radical (unpaired) electrons. The van der Waals surface area contributed by atoms with Crippen molar-refractivity contribution in [2.24, 2.45) is 0 Å². The lowest BCUT2D eigenvalue weighted by atomic mass is 9.66. The first kappa shape index (κ1) is 23.4. The standard InChI is InChI=1S/C14H12BClF.C10H8Cl2N2/c16-13-7-3-2-6-12(13)15-10-9-11-5-1-4-8-14(11)17;11-8-2-1-7(9(12)6-8)5-10-13-3-4-14-10/h1-8H,9-10H2;1-4,6H,5H2,(H,13,14). The fourth-order valence-electron chi connectivity index (χ4n) is 2.97. The van der Waals surface area contributed by atoms with Crippen molar-refractivity contribution in [3.05, 3.63) is 117 Å². The Hall–Kier alpha value is -2.27. The second kappa shape index (κ2) is 11.9. The van der Waals surface area contributed by atoms with Crippen LogP contribution in [-0.4, -0.2) is 17.2 Å². The van der Waals surface area contributed by atoms with E-state index in [4.69, 9.17) is 34.8 Å². The molecule has 4 rings (SSSR count). The number of aryl methyl sites for hydroxylation is 1. The highest BCUT2D eigenvalue weighted by molar-refractivity contribution is 6.58. The van der Waals surface area contributed by atoms with E-state index < -0.39 is 0 Å². The number of aromatic amines is 1. The van der Waals surface area contributed by atoms with Gasteiger partial charge in [-0.3, -0.25) is 0 Å². The van der Waals surface area contributed by atoms with Crippen LogP contribution in [-0.2, 0) is 12.8 Å². The summed E-state index contributed by atoms with van der Waals surface area (Å²) >= 11 is 17.8. The normalized spacial score (nSPS) is 10.3. The summed E-state index contributed by atoms with van der Waals surface area (Å²) in [4.78, 5) is 7.15. The van der Waals surface area contributed by atoms with Crippen molar-refractivity contribution in [3.63, 3.8) is 0 Å². The van der Waals surface area contributed by atoms with Crippen LogP contribution in [0, 0.1) is 5.82 Å². The Bertz CT molecular complexity index is 1060. The predicted molar refractivity (Wildman–Crippen MR) is 130 cm³/mol. The van der Waals surface area contributed by atoms with Crippen LogP contribution in [0.15, 0.2) is 79.1 Å². The molecular weight excluding hydrogens is 452 g/mol. The van der Waals surface area contributed by atoms with E-state index in [9.17, 15) is 4.39 Å². The van der Waals surface area contributed by atoms with Crippen LogP contribution in [0.3, 0.4) is 0 Å². The number of imidazole rings is 1. The average Bonchev–Trinajstić information content (AvgIpc) is 3.27. The Labute approximate surface area is 197 Å². The summed E-state index contributed by atoms with van der Waals surface area (Å²) in [5.41, 5.74) is 2.77. The smallest absolute Gasteiger partial charge is 0.153 e. The highest BCUT2D eigenvalue weighted by Crippen LogP contribution is 2.22. The SMILES string of the molecule is Clc1ccc(Cc2ncc[nH]2)c(Cl)c1.Fc1ccccc1CC[B]c1ccccc1Cl. The molecule has 0 saturated carbocycles. The summed E-state index contributed by atoms with van der Waals surface area (Å²) in [6, 6.07) is 20.0. The molecule has 0 fully saturated rings. The molecule has 0 spiro atoms. The summed E-state index contributed by atoms with van der Waals surface area (Å²) < 4.78 is 13.4.